The number of carbonyl (C=O) groups is 2. The molecule has 9 nitrogen and oxygen atoms in total. The van der Waals surface area contributed by atoms with Gasteiger partial charge in [0.15, 0.2) is 0 Å². The van der Waals surface area contributed by atoms with Gasteiger partial charge in [0.05, 0.1) is 23.3 Å². The van der Waals surface area contributed by atoms with Gasteiger partial charge in [-0.05, 0) is 110 Å². The van der Waals surface area contributed by atoms with Gasteiger partial charge in [-0.25, -0.2) is 18.6 Å². The van der Waals surface area contributed by atoms with Gasteiger partial charge in [0.25, 0.3) is 15.9 Å². The zero-order valence-electron chi connectivity index (χ0n) is 21.2. The second-order valence-corrected chi connectivity index (χ2v) is 10.4. The molecule has 11 heteroatoms. The Kier molecular flexibility index (Phi) is 9.15. The van der Waals surface area contributed by atoms with Gasteiger partial charge in [-0.15, -0.1) is 0 Å². The molecule has 4 aromatic rings. The quantitative estimate of drug-likeness (QED) is 0.111. The molecule has 0 heterocycles. The van der Waals surface area contributed by atoms with Crippen molar-refractivity contribution in [1.29, 1.82) is 0 Å². The molecule has 0 aliphatic carbocycles. The van der Waals surface area contributed by atoms with Gasteiger partial charge in [-0.2, -0.15) is 5.10 Å². The van der Waals surface area contributed by atoms with E-state index in [4.69, 9.17) is 21.1 Å². The molecule has 4 aromatic carbocycles. The number of sulfonamides is 1. The second kappa shape index (κ2) is 12.9. The predicted octanol–water partition coefficient (Wildman–Crippen LogP) is 5.52. The van der Waals surface area contributed by atoms with E-state index < -0.39 is 21.9 Å². The minimum Gasteiger partial charge on any atom is -0.494 e. The Balaban J connectivity index is 1.28. The van der Waals surface area contributed by atoms with E-state index in [-0.39, 0.29) is 10.5 Å². The summed E-state index contributed by atoms with van der Waals surface area (Å²) in [6.07, 6.45) is 1.44. The summed E-state index contributed by atoms with van der Waals surface area (Å²) in [6.45, 7) is 2.42. The number of ether oxygens (including phenoxy) is 2. The molecule has 0 aliphatic rings. The number of benzene rings is 4. The maximum atomic E-state index is 12.5. The van der Waals surface area contributed by atoms with E-state index >= 15 is 0 Å². The zero-order chi connectivity index (χ0) is 28.5. The van der Waals surface area contributed by atoms with Crippen LogP contribution in [0.1, 0.15) is 33.2 Å². The average Bonchev–Trinajstić information content (AvgIpc) is 2.95. The molecule has 0 unspecified atom stereocenters. The molecule has 0 spiro atoms. The van der Waals surface area contributed by atoms with Crippen molar-refractivity contribution in [3.05, 3.63) is 119 Å². The minimum absolute atomic E-state index is 0.0619. The van der Waals surface area contributed by atoms with Gasteiger partial charge < -0.3 is 9.47 Å². The smallest absolute Gasteiger partial charge is 0.343 e. The fourth-order valence-electron chi connectivity index (χ4n) is 3.39. The molecule has 0 saturated carbocycles. The Morgan fingerprint density at radius 1 is 0.825 bits per heavy atom. The number of rotatable bonds is 10. The molecule has 0 fully saturated rings. The van der Waals surface area contributed by atoms with Crippen LogP contribution in [0.3, 0.4) is 0 Å². The monoisotopic (exact) mass is 577 g/mol. The zero-order valence-corrected chi connectivity index (χ0v) is 22.8. The Morgan fingerprint density at radius 3 is 2.05 bits per heavy atom. The van der Waals surface area contributed by atoms with Crippen molar-refractivity contribution in [2.45, 2.75) is 11.8 Å². The third kappa shape index (κ3) is 7.68. The highest BCUT2D eigenvalue weighted by molar-refractivity contribution is 7.92. The van der Waals surface area contributed by atoms with Gasteiger partial charge in [0, 0.05) is 16.3 Å². The third-order valence-corrected chi connectivity index (χ3v) is 7.04. The van der Waals surface area contributed by atoms with E-state index in [0.29, 0.717) is 39.9 Å². The molecule has 0 aromatic heterocycles. The maximum Gasteiger partial charge on any atom is 0.343 e. The number of hydrogen-bond donors (Lipinski definition) is 2. The molecule has 0 radical (unpaired) electrons. The van der Waals surface area contributed by atoms with Crippen LogP contribution in [0.2, 0.25) is 5.02 Å². The van der Waals surface area contributed by atoms with Crippen LogP contribution in [-0.4, -0.2) is 33.1 Å². The lowest BCUT2D eigenvalue weighted by atomic mass is 10.2. The van der Waals surface area contributed by atoms with Crippen LogP contribution in [0.5, 0.6) is 11.5 Å². The van der Waals surface area contributed by atoms with E-state index in [0.717, 1.165) is 0 Å². The van der Waals surface area contributed by atoms with Crippen molar-refractivity contribution < 1.29 is 27.5 Å². The van der Waals surface area contributed by atoms with Gasteiger partial charge >= 0.3 is 5.97 Å². The van der Waals surface area contributed by atoms with Crippen LogP contribution in [0.25, 0.3) is 0 Å². The lowest BCUT2D eigenvalue weighted by Crippen LogP contribution is -2.18. The predicted molar refractivity (Wildman–Crippen MR) is 153 cm³/mol. The number of amides is 1. The Labute approximate surface area is 236 Å². The first kappa shape index (κ1) is 28.3. The van der Waals surface area contributed by atoms with Crippen molar-refractivity contribution in [2.24, 2.45) is 5.10 Å². The Bertz CT molecular complexity index is 1600. The normalized spacial score (nSPS) is 11.2. The van der Waals surface area contributed by atoms with Gasteiger partial charge in [0.1, 0.15) is 11.5 Å². The lowest BCUT2D eigenvalue weighted by molar-refractivity contribution is 0.0734. The number of hydrogen-bond acceptors (Lipinski definition) is 7. The van der Waals surface area contributed by atoms with Gasteiger partial charge in [-0.1, -0.05) is 11.6 Å². The largest absolute Gasteiger partial charge is 0.494 e. The van der Waals surface area contributed by atoms with E-state index in [9.17, 15) is 18.0 Å². The van der Waals surface area contributed by atoms with Gasteiger partial charge in [-0.3, -0.25) is 9.52 Å². The topological polar surface area (TPSA) is 123 Å². The number of hydrazone groups is 1. The summed E-state index contributed by atoms with van der Waals surface area (Å²) in [5.41, 5.74) is 4.04. The molecule has 2 N–H and O–H groups in total. The summed E-state index contributed by atoms with van der Waals surface area (Å²) in [4.78, 5) is 24.8. The number of anilines is 1. The van der Waals surface area contributed by atoms with Crippen LogP contribution in [0.15, 0.2) is 107 Å². The standard InChI is InChI=1S/C29H24ClN3O6S/c1-2-38-25-15-7-22(8-16-25)29(35)39-26-13-3-20(4-14-26)19-31-32-28(34)21-5-11-24(12-6-21)33-40(36,37)27-17-9-23(30)10-18-27/h3-19,33H,2H2,1H3,(H,32,34)/b31-19-. The minimum atomic E-state index is -3.80. The molecule has 40 heavy (non-hydrogen) atoms. The first-order valence-electron chi connectivity index (χ1n) is 12.0. The number of nitrogens with zero attached hydrogens (tertiary/aromatic N) is 1. The summed E-state index contributed by atoms with van der Waals surface area (Å²) in [6, 6.07) is 24.9. The summed E-state index contributed by atoms with van der Waals surface area (Å²) in [5, 5.41) is 4.37. The van der Waals surface area contributed by atoms with E-state index in [1.165, 1.54) is 54.7 Å². The highest BCUT2D eigenvalue weighted by Crippen LogP contribution is 2.19. The van der Waals surface area contributed by atoms with E-state index in [1.54, 1.807) is 48.5 Å². The number of nitrogens with one attached hydrogen (secondary N) is 2. The fourth-order valence-corrected chi connectivity index (χ4v) is 4.57. The van der Waals surface area contributed by atoms with Crippen LogP contribution in [0.4, 0.5) is 5.69 Å². The summed E-state index contributed by atoms with van der Waals surface area (Å²) in [5.74, 6) is 0.0427. The lowest BCUT2D eigenvalue weighted by Gasteiger charge is -2.09. The Morgan fingerprint density at radius 2 is 1.43 bits per heavy atom. The van der Waals surface area contributed by atoms with Gasteiger partial charge in [0.2, 0.25) is 0 Å². The van der Waals surface area contributed by atoms with Crippen molar-refractivity contribution in [3.8, 4) is 11.5 Å². The molecule has 0 aliphatic heterocycles. The van der Waals surface area contributed by atoms with Crippen LogP contribution in [0, 0.1) is 0 Å². The van der Waals surface area contributed by atoms with Crippen LogP contribution >= 0.6 is 11.6 Å². The van der Waals surface area contributed by atoms with Crippen LogP contribution < -0.4 is 19.6 Å². The molecular formula is C29H24ClN3O6S. The molecular weight excluding hydrogens is 554 g/mol. The molecule has 0 atom stereocenters. The average molecular weight is 578 g/mol. The van der Waals surface area contributed by atoms with E-state index in [2.05, 4.69) is 15.2 Å². The molecule has 4 rings (SSSR count). The summed E-state index contributed by atoms with van der Waals surface area (Å²) >= 11 is 5.81. The maximum absolute atomic E-state index is 12.5. The third-order valence-electron chi connectivity index (χ3n) is 5.39. The second-order valence-electron chi connectivity index (χ2n) is 8.25. The van der Waals surface area contributed by atoms with E-state index in [1.807, 2.05) is 6.92 Å². The first-order valence-corrected chi connectivity index (χ1v) is 13.9. The molecule has 204 valence electrons. The number of halogens is 1. The highest BCUT2D eigenvalue weighted by atomic mass is 35.5. The SMILES string of the molecule is CCOc1ccc(C(=O)Oc2ccc(/C=N\NC(=O)c3ccc(NS(=O)(=O)c4ccc(Cl)cc4)cc3)cc2)cc1. The molecule has 0 saturated heterocycles. The van der Waals surface area contributed by atoms with Crippen LogP contribution in [-0.2, 0) is 10.0 Å². The van der Waals surface area contributed by atoms with Crippen molar-refractivity contribution in [3.63, 3.8) is 0 Å². The van der Waals surface area contributed by atoms with Crippen molar-refractivity contribution in [2.75, 3.05) is 11.3 Å². The van der Waals surface area contributed by atoms with Crippen molar-refractivity contribution in [1.82, 2.24) is 5.43 Å². The molecule has 1 amide bonds. The van der Waals surface area contributed by atoms with Crippen molar-refractivity contribution >= 4 is 45.4 Å². The number of esters is 1. The fraction of sp³-hybridized carbons (Fsp3) is 0.0690. The Hall–Kier alpha value is -4.67. The number of carbonyl (C=O) groups excluding carboxylic acids is 2. The summed E-state index contributed by atoms with van der Waals surface area (Å²) in [7, 11) is -3.80. The summed E-state index contributed by atoms with van der Waals surface area (Å²) < 4.78 is 38.2. The highest BCUT2D eigenvalue weighted by Gasteiger charge is 2.14. The molecule has 0 bridgehead atoms. The first-order chi connectivity index (χ1) is 19.2.